The van der Waals surface area contributed by atoms with Gasteiger partial charge in [-0.15, -0.1) is 0 Å². The van der Waals surface area contributed by atoms with Crippen molar-refractivity contribution in [2.75, 3.05) is 38.7 Å². The Labute approximate surface area is 226 Å². The van der Waals surface area contributed by atoms with E-state index >= 15 is 0 Å². The van der Waals surface area contributed by atoms with Crippen LogP contribution in [-0.2, 0) is 33.7 Å². The standard InChI is InChI=1S/C30H43N3O5/c1-21(2)38-20-22-10-13-27(36-3)26(18-22)28(30(34)35)33-16-14-25(19-33)37-17-6-4-5-9-24-12-11-23-8-7-15-31-29(23)32-24/h10-13,18,21,25,28H,4-9,14-17,19-20H2,1-3H3,(H,31,32)(H,34,35)/t25-,28?/m1/s1. The van der Waals surface area contributed by atoms with Gasteiger partial charge in [0.05, 0.1) is 25.9 Å². The van der Waals surface area contributed by atoms with Gasteiger partial charge in [0.1, 0.15) is 17.6 Å². The molecule has 0 aliphatic carbocycles. The van der Waals surface area contributed by atoms with Gasteiger partial charge in [0.15, 0.2) is 0 Å². The van der Waals surface area contributed by atoms with E-state index in [9.17, 15) is 9.90 Å². The maximum Gasteiger partial charge on any atom is 0.325 e. The average molecular weight is 526 g/mol. The minimum Gasteiger partial charge on any atom is -0.496 e. The van der Waals surface area contributed by atoms with E-state index in [1.807, 2.05) is 36.9 Å². The molecule has 0 bridgehead atoms. The largest absolute Gasteiger partial charge is 0.496 e. The molecule has 8 nitrogen and oxygen atoms in total. The first-order valence-corrected chi connectivity index (χ1v) is 14.0. The van der Waals surface area contributed by atoms with Crippen molar-refractivity contribution in [3.63, 3.8) is 0 Å². The number of nitrogens with one attached hydrogen (secondary N) is 1. The summed E-state index contributed by atoms with van der Waals surface area (Å²) in [5.74, 6) is 0.770. The third kappa shape index (κ3) is 7.68. The molecule has 4 rings (SSSR count). The normalized spacial score (nSPS) is 18.3. The molecular weight excluding hydrogens is 482 g/mol. The van der Waals surface area contributed by atoms with Crippen molar-refractivity contribution in [2.45, 2.75) is 83.6 Å². The van der Waals surface area contributed by atoms with Gasteiger partial charge in [-0.05, 0) is 81.7 Å². The van der Waals surface area contributed by atoms with E-state index in [0.29, 0.717) is 37.6 Å². The quantitative estimate of drug-likeness (QED) is 0.333. The fourth-order valence-electron chi connectivity index (χ4n) is 5.30. The van der Waals surface area contributed by atoms with Gasteiger partial charge >= 0.3 is 5.97 Å². The summed E-state index contributed by atoms with van der Waals surface area (Å²) in [6.45, 7) is 7.39. The van der Waals surface area contributed by atoms with Gasteiger partial charge in [0.2, 0.25) is 0 Å². The molecular formula is C30H43N3O5. The second-order valence-electron chi connectivity index (χ2n) is 10.6. The lowest BCUT2D eigenvalue weighted by atomic mass is 10.0. The number of carboxylic acids is 1. The van der Waals surface area contributed by atoms with E-state index < -0.39 is 12.0 Å². The van der Waals surface area contributed by atoms with Gasteiger partial charge in [0.25, 0.3) is 0 Å². The SMILES string of the molecule is COc1ccc(COC(C)C)cc1C(C(=O)O)N1CC[C@@H](OCCCCCc2ccc3c(n2)NCCC3)C1. The second kappa shape index (κ2) is 13.9. The Morgan fingerprint density at radius 3 is 2.87 bits per heavy atom. The van der Waals surface area contributed by atoms with Crippen molar-refractivity contribution in [1.82, 2.24) is 9.88 Å². The van der Waals surface area contributed by atoms with Crippen molar-refractivity contribution in [3.05, 3.63) is 52.7 Å². The number of ether oxygens (including phenoxy) is 3. The van der Waals surface area contributed by atoms with Crippen LogP contribution >= 0.6 is 0 Å². The summed E-state index contributed by atoms with van der Waals surface area (Å²) >= 11 is 0. The first kappa shape index (κ1) is 28.3. The number of carbonyl (C=O) groups is 1. The highest BCUT2D eigenvalue weighted by molar-refractivity contribution is 5.77. The molecule has 2 aromatic rings. The number of aliphatic carboxylic acids is 1. The van der Waals surface area contributed by atoms with E-state index in [4.69, 9.17) is 19.2 Å². The Morgan fingerprint density at radius 1 is 1.21 bits per heavy atom. The minimum atomic E-state index is -0.878. The van der Waals surface area contributed by atoms with Gasteiger partial charge in [0, 0.05) is 37.5 Å². The van der Waals surface area contributed by atoms with Crippen molar-refractivity contribution in [2.24, 2.45) is 0 Å². The van der Waals surface area contributed by atoms with Crippen molar-refractivity contribution >= 4 is 11.8 Å². The number of anilines is 1. The first-order valence-electron chi connectivity index (χ1n) is 14.0. The second-order valence-corrected chi connectivity index (χ2v) is 10.6. The predicted molar refractivity (Wildman–Crippen MR) is 148 cm³/mol. The van der Waals surface area contributed by atoms with E-state index in [0.717, 1.165) is 62.1 Å². The van der Waals surface area contributed by atoms with Crippen LogP contribution in [0.25, 0.3) is 0 Å². The molecule has 2 aliphatic rings. The van der Waals surface area contributed by atoms with Crippen LogP contribution in [0.5, 0.6) is 5.75 Å². The summed E-state index contributed by atoms with van der Waals surface area (Å²) < 4.78 is 17.4. The zero-order chi connectivity index (χ0) is 26.9. The molecule has 1 fully saturated rings. The highest BCUT2D eigenvalue weighted by Gasteiger charge is 2.35. The molecule has 1 aromatic carbocycles. The molecule has 8 heteroatoms. The number of likely N-dealkylation sites (tertiary alicyclic amines) is 1. The number of pyridine rings is 1. The van der Waals surface area contributed by atoms with Crippen LogP contribution in [0, 0.1) is 0 Å². The Morgan fingerprint density at radius 2 is 2.08 bits per heavy atom. The zero-order valence-electron chi connectivity index (χ0n) is 23.1. The summed E-state index contributed by atoms with van der Waals surface area (Å²) in [5, 5.41) is 13.6. The number of carboxylic acid groups (broad SMARTS) is 1. The van der Waals surface area contributed by atoms with E-state index in [2.05, 4.69) is 17.4 Å². The van der Waals surface area contributed by atoms with Crippen LogP contribution in [0.15, 0.2) is 30.3 Å². The van der Waals surface area contributed by atoms with Crippen molar-refractivity contribution in [3.8, 4) is 5.75 Å². The van der Waals surface area contributed by atoms with Gasteiger partial charge in [-0.25, -0.2) is 4.98 Å². The van der Waals surface area contributed by atoms with E-state index in [1.165, 1.54) is 12.0 Å². The Hall–Kier alpha value is -2.68. The van der Waals surface area contributed by atoms with Crippen LogP contribution in [0.4, 0.5) is 5.82 Å². The molecule has 1 saturated heterocycles. The van der Waals surface area contributed by atoms with Crippen LogP contribution < -0.4 is 10.1 Å². The Kier molecular flexibility index (Phi) is 10.4. The van der Waals surface area contributed by atoms with E-state index in [-0.39, 0.29) is 12.2 Å². The molecule has 2 atom stereocenters. The number of methoxy groups -OCH3 is 1. The molecule has 2 N–H and O–H groups in total. The molecule has 0 saturated carbocycles. The van der Waals surface area contributed by atoms with Gasteiger partial charge < -0.3 is 24.6 Å². The van der Waals surface area contributed by atoms with Crippen LogP contribution in [0.3, 0.4) is 0 Å². The van der Waals surface area contributed by atoms with Crippen LogP contribution in [0.2, 0.25) is 0 Å². The number of unbranched alkanes of at least 4 members (excludes halogenated alkanes) is 2. The number of benzene rings is 1. The lowest BCUT2D eigenvalue weighted by molar-refractivity contribution is -0.143. The summed E-state index contributed by atoms with van der Waals surface area (Å²) in [6, 6.07) is 9.27. The number of nitrogens with zero attached hydrogens (tertiary/aromatic N) is 2. The summed E-state index contributed by atoms with van der Waals surface area (Å²) in [4.78, 5) is 19.2. The highest BCUT2D eigenvalue weighted by Crippen LogP contribution is 2.34. The molecule has 0 amide bonds. The lowest BCUT2D eigenvalue weighted by Gasteiger charge is -2.26. The molecule has 0 spiro atoms. The number of aromatic nitrogens is 1. The topological polar surface area (TPSA) is 93.2 Å². The number of hydrogen-bond donors (Lipinski definition) is 2. The molecule has 208 valence electrons. The van der Waals surface area contributed by atoms with Crippen molar-refractivity contribution < 1.29 is 24.1 Å². The average Bonchev–Trinajstić information content (AvgIpc) is 3.37. The summed E-state index contributed by atoms with van der Waals surface area (Å²) in [5.41, 5.74) is 4.09. The first-order chi connectivity index (χ1) is 18.4. The molecule has 3 heterocycles. The zero-order valence-corrected chi connectivity index (χ0v) is 23.1. The molecule has 2 aliphatic heterocycles. The van der Waals surface area contributed by atoms with Gasteiger partial charge in [-0.2, -0.15) is 0 Å². The fraction of sp³-hybridized carbons (Fsp3) is 0.600. The Balaban J connectivity index is 1.23. The molecule has 38 heavy (non-hydrogen) atoms. The summed E-state index contributed by atoms with van der Waals surface area (Å²) in [7, 11) is 1.58. The molecule has 1 unspecified atom stereocenters. The molecule has 1 aromatic heterocycles. The van der Waals surface area contributed by atoms with Crippen LogP contribution in [0.1, 0.15) is 74.4 Å². The summed E-state index contributed by atoms with van der Waals surface area (Å²) in [6.07, 6.45) is 7.42. The number of aryl methyl sites for hydroxylation is 2. The lowest BCUT2D eigenvalue weighted by Crippen LogP contribution is -2.34. The van der Waals surface area contributed by atoms with Crippen LogP contribution in [-0.4, -0.2) is 66.5 Å². The minimum absolute atomic E-state index is 0.0451. The monoisotopic (exact) mass is 525 g/mol. The third-order valence-electron chi connectivity index (χ3n) is 7.33. The fourth-order valence-corrected chi connectivity index (χ4v) is 5.30. The highest BCUT2D eigenvalue weighted by atomic mass is 16.5. The molecule has 0 radical (unpaired) electrons. The third-order valence-corrected chi connectivity index (χ3v) is 7.33. The predicted octanol–water partition coefficient (Wildman–Crippen LogP) is 5.00. The van der Waals surface area contributed by atoms with Gasteiger partial charge in [-0.3, -0.25) is 9.69 Å². The van der Waals surface area contributed by atoms with Crippen molar-refractivity contribution in [1.29, 1.82) is 0 Å². The number of fused-ring (bicyclic) bond motifs is 1. The maximum atomic E-state index is 12.4. The smallest absolute Gasteiger partial charge is 0.325 e. The maximum absolute atomic E-state index is 12.4. The van der Waals surface area contributed by atoms with E-state index in [1.54, 1.807) is 7.11 Å². The number of rotatable bonds is 14. The Bertz CT molecular complexity index is 1060. The number of hydrogen-bond acceptors (Lipinski definition) is 7. The van der Waals surface area contributed by atoms with Gasteiger partial charge in [-0.1, -0.05) is 18.6 Å².